The number of rotatable bonds is 7. The molecule has 2 fully saturated rings. The number of aromatic nitrogens is 4. The van der Waals surface area contributed by atoms with Crippen LogP contribution in [0.1, 0.15) is 31.2 Å². The maximum atomic E-state index is 15.9. The Bertz CT molecular complexity index is 1380. The molecule has 10 heteroatoms. The summed E-state index contributed by atoms with van der Waals surface area (Å²) in [6.45, 7) is 3.47. The maximum Gasteiger partial charge on any atom is 0.207 e. The Hall–Kier alpha value is -3.63. The fourth-order valence-corrected chi connectivity index (χ4v) is 5.17. The van der Waals surface area contributed by atoms with Crippen LogP contribution in [0.2, 0.25) is 0 Å². The fourth-order valence-electron chi connectivity index (χ4n) is 5.17. The molecule has 0 amide bonds. The molecule has 198 valence electrons. The van der Waals surface area contributed by atoms with E-state index in [9.17, 15) is 4.39 Å². The van der Waals surface area contributed by atoms with Gasteiger partial charge >= 0.3 is 0 Å². The lowest BCUT2D eigenvalue weighted by Gasteiger charge is -2.33. The van der Waals surface area contributed by atoms with E-state index in [-0.39, 0.29) is 23.8 Å². The molecule has 3 aromatic heterocycles. The SMILES string of the molecule is Fc1ccc2ncc(-c3nc(NC4CCCNC4)c(F)c(N4CCC(OCc5ccccc5)CC4)n3)n2c1. The second kappa shape index (κ2) is 11.0. The molecule has 0 radical (unpaired) electrons. The summed E-state index contributed by atoms with van der Waals surface area (Å²) in [6, 6.07) is 13.1. The van der Waals surface area contributed by atoms with Crippen LogP contribution in [-0.2, 0) is 11.3 Å². The van der Waals surface area contributed by atoms with Crippen LogP contribution in [0.5, 0.6) is 0 Å². The number of nitrogens with one attached hydrogen (secondary N) is 2. The van der Waals surface area contributed by atoms with Gasteiger partial charge in [-0.15, -0.1) is 0 Å². The molecule has 4 aromatic rings. The highest BCUT2D eigenvalue weighted by Crippen LogP contribution is 2.30. The third kappa shape index (κ3) is 5.32. The van der Waals surface area contributed by atoms with Gasteiger partial charge in [0.1, 0.15) is 17.2 Å². The molecule has 2 saturated heterocycles. The highest BCUT2D eigenvalue weighted by molar-refractivity contribution is 5.63. The lowest BCUT2D eigenvalue weighted by Crippen LogP contribution is -2.40. The van der Waals surface area contributed by atoms with Gasteiger partial charge in [-0.25, -0.2) is 19.3 Å². The number of benzene rings is 1. The summed E-state index contributed by atoms with van der Waals surface area (Å²) in [7, 11) is 0. The minimum atomic E-state index is -0.469. The zero-order valence-electron chi connectivity index (χ0n) is 21.1. The number of anilines is 2. The zero-order valence-corrected chi connectivity index (χ0v) is 21.1. The van der Waals surface area contributed by atoms with E-state index < -0.39 is 11.6 Å². The van der Waals surface area contributed by atoms with Crippen LogP contribution in [0.3, 0.4) is 0 Å². The first-order valence-corrected chi connectivity index (χ1v) is 13.2. The minimum Gasteiger partial charge on any atom is -0.373 e. The van der Waals surface area contributed by atoms with E-state index in [0.717, 1.165) is 44.3 Å². The molecule has 0 aliphatic carbocycles. The van der Waals surface area contributed by atoms with Gasteiger partial charge in [-0.3, -0.25) is 4.40 Å². The van der Waals surface area contributed by atoms with E-state index in [1.807, 2.05) is 23.1 Å². The quantitative estimate of drug-likeness (QED) is 0.374. The van der Waals surface area contributed by atoms with Crippen LogP contribution in [0.15, 0.2) is 54.9 Å². The van der Waals surface area contributed by atoms with Crippen molar-refractivity contribution in [3.05, 3.63) is 72.1 Å². The lowest BCUT2D eigenvalue weighted by atomic mass is 10.1. The van der Waals surface area contributed by atoms with Crippen molar-refractivity contribution >= 4 is 17.3 Å². The largest absolute Gasteiger partial charge is 0.373 e. The Labute approximate surface area is 220 Å². The van der Waals surface area contributed by atoms with Crippen molar-refractivity contribution in [3.8, 4) is 11.5 Å². The van der Waals surface area contributed by atoms with Gasteiger partial charge in [0, 0.05) is 31.9 Å². The molecule has 0 bridgehead atoms. The standard InChI is InChI=1S/C28H31F2N7O/c29-20-8-9-24-32-16-23(37(24)17-20)26-34-27(33-21-7-4-12-31-15-21)25(30)28(35-26)36-13-10-22(11-14-36)38-18-19-5-2-1-3-6-19/h1-3,5-6,8-9,16-17,21-22,31H,4,7,10-15,18H2,(H,33,34,35). The van der Waals surface area contributed by atoms with E-state index >= 15 is 4.39 Å². The molecule has 5 heterocycles. The first-order valence-electron chi connectivity index (χ1n) is 13.2. The monoisotopic (exact) mass is 519 g/mol. The average molecular weight is 520 g/mol. The normalized spacial score (nSPS) is 18.7. The fraction of sp³-hybridized carbons (Fsp3) is 0.393. The molecule has 38 heavy (non-hydrogen) atoms. The van der Waals surface area contributed by atoms with Gasteiger partial charge in [-0.1, -0.05) is 30.3 Å². The Kier molecular flexibility index (Phi) is 7.15. The second-order valence-corrected chi connectivity index (χ2v) is 9.92. The molecule has 0 spiro atoms. The van der Waals surface area contributed by atoms with Crippen LogP contribution < -0.4 is 15.5 Å². The number of hydrogen-bond donors (Lipinski definition) is 2. The molecule has 2 aliphatic heterocycles. The number of fused-ring (bicyclic) bond motifs is 1. The number of nitrogens with zero attached hydrogens (tertiary/aromatic N) is 5. The van der Waals surface area contributed by atoms with Gasteiger partial charge in [0.15, 0.2) is 17.5 Å². The van der Waals surface area contributed by atoms with E-state index in [2.05, 4.69) is 37.7 Å². The molecule has 1 aromatic carbocycles. The zero-order chi connectivity index (χ0) is 25.9. The number of halogens is 2. The van der Waals surface area contributed by atoms with Crippen LogP contribution in [-0.4, -0.2) is 57.7 Å². The van der Waals surface area contributed by atoms with E-state index in [4.69, 9.17) is 4.74 Å². The number of hydrogen-bond acceptors (Lipinski definition) is 7. The molecule has 6 rings (SSSR count). The van der Waals surface area contributed by atoms with Gasteiger partial charge < -0.3 is 20.3 Å². The third-order valence-electron chi connectivity index (χ3n) is 7.24. The number of ether oxygens (including phenoxy) is 1. The van der Waals surface area contributed by atoms with Crippen LogP contribution >= 0.6 is 0 Å². The maximum absolute atomic E-state index is 15.9. The van der Waals surface area contributed by atoms with Gasteiger partial charge in [-0.05, 0) is 49.9 Å². The second-order valence-electron chi connectivity index (χ2n) is 9.92. The highest BCUT2D eigenvalue weighted by Gasteiger charge is 2.27. The summed E-state index contributed by atoms with van der Waals surface area (Å²) in [5.41, 5.74) is 2.21. The Morgan fingerprint density at radius 2 is 1.87 bits per heavy atom. The summed E-state index contributed by atoms with van der Waals surface area (Å²) in [5, 5.41) is 6.64. The third-order valence-corrected chi connectivity index (χ3v) is 7.24. The first kappa shape index (κ1) is 24.7. The lowest BCUT2D eigenvalue weighted by molar-refractivity contribution is 0.0250. The molecule has 8 nitrogen and oxygen atoms in total. The topological polar surface area (TPSA) is 79.6 Å². The summed E-state index contributed by atoms with van der Waals surface area (Å²) in [5.74, 6) is -0.166. The number of pyridine rings is 1. The average Bonchev–Trinajstić information content (AvgIpc) is 3.37. The van der Waals surface area contributed by atoms with E-state index in [1.165, 1.54) is 12.3 Å². The summed E-state index contributed by atoms with van der Waals surface area (Å²) in [6.07, 6.45) is 6.51. The molecule has 0 saturated carbocycles. The number of imidazole rings is 1. The number of piperidine rings is 2. The molecule has 1 atom stereocenters. The van der Waals surface area contributed by atoms with Crippen molar-refractivity contribution in [2.24, 2.45) is 0 Å². The Morgan fingerprint density at radius 1 is 1.03 bits per heavy atom. The smallest absolute Gasteiger partial charge is 0.207 e. The minimum absolute atomic E-state index is 0.0607. The van der Waals surface area contributed by atoms with E-state index in [1.54, 1.807) is 16.7 Å². The molecular formula is C28H31F2N7O. The van der Waals surface area contributed by atoms with Crippen molar-refractivity contribution in [1.29, 1.82) is 0 Å². The van der Waals surface area contributed by atoms with Gasteiger partial charge in [0.2, 0.25) is 5.82 Å². The molecule has 2 aliphatic rings. The van der Waals surface area contributed by atoms with Crippen LogP contribution in [0, 0.1) is 11.6 Å². The summed E-state index contributed by atoms with van der Waals surface area (Å²) in [4.78, 5) is 15.5. The predicted octanol–water partition coefficient (Wildman–Crippen LogP) is 4.42. The molecule has 2 N–H and O–H groups in total. The van der Waals surface area contributed by atoms with Crippen LogP contribution in [0.25, 0.3) is 17.2 Å². The van der Waals surface area contributed by atoms with Gasteiger partial charge in [0.05, 0.1) is 18.9 Å². The highest BCUT2D eigenvalue weighted by atomic mass is 19.1. The van der Waals surface area contributed by atoms with Crippen molar-refractivity contribution in [1.82, 2.24) is 24.7 Å². The van der Waals surface area contributed by atoms with Crippen molar-refractivity contribution in [2.75, 3.05) is 36.4 Å². The summed E-state index contributed by atoms with van der Waals surface area (Å²) >= 11 is 0. The van der Waals surface area contributed by atoms with Gasteiger partial charge in [0.25, 0.3) is 0 Å². The summed E-state index contributed by atoms with van der Waals surface area (Å²) < 4.78 is 37.7. The van der Waals surface area contributed by atoms with Gasteiger partial charge in [-0.2, -0.15) is 4.39 Å². The molecular weight excluding hydrogens is 488 g/mol. The molecule has 1 unspecified atom stereocenters. The Morgan fingerprint density at radius 3 is 2.66 bits per heavy atom. The van der Waals surface area contributed by atoms with Crippen molar-refractivity contribution in [3.63, 3.8) is 0 Å². The Balaban J connectivity index is 1.26. The van der Waals surface area contributed by atoms with Crippen molar-refractivity contribution in [2.45, 2.75) is 44.4 Å². The first-order chi connectivity index (χ1) is 18.6. The predicted molar refractivity (Wildman–Crippen MR) is 142 cm³/mol. The van der Waals surface area contributed by atoms with Crippen LogP contribution in [0.4, 0.5) is 20.4 Å². The van der Waals surface area contributed by atoms with E-state index in [0.29, 0.717) is 36.9 Å². The van der Waals surface area contributed by atoms with Crippen molar-refractivity contribution < 1.29 is 13.5 Å².